The van der Waals surface area contributed by atoms with E-state index in [2.05, 4.69) is 20.6 Å². The first-order valence-electron chi connectivity index (χ1n) is 8.81. The van der Waals surface area contributed by atoms with Crippen molar-refractivity contribution in [1.29, 1.82) is 0 Å². The van der Waals surface area contributed by atoms with Crippen molar-refractivity contribution >= 4 is 5.91 Å². The molecule has 2 heterocycles. The average molecular weight is 352 g/mol. The predicted octanol–water partition coefficient (Wildman–Crippen LogP) is 3.40. The zero-order chi connectivity index (χ0) is 18.1. The highest BCUT2D eigenvalue weighted by molar-refractivity contribution is 5.93. The molecule has 3 aromatic rings. The minimum absolute atomic E-state index is 0.296. The van der Waals surface area contributed by atoms with E-state index in [1.54, 1.807) is 6.92 Å². The maximum atomic E-state index is 12.5. The third-order valence-corrected chi connectivity index (χ3v) is 4.60. The normalized spacial score (nSPS) is 14.7. The lowest BCUT2D eigenvalue weighted by molar-refractivity contribution is 0.0894. The summed E-state index contributed by atoms with van der Waals surface area (Å²) in [6, 6.07) is 7.42. The summed E-state index contributed by atoms with van der Waals surface area (Å²) in [5.41, 5.74) is 3.81. The third-order valence-electron chi connectivity index (χ3n) is 4.60. The van der Waals surface area contributed by atoms with Crippen molar-refractivity contribution in [2.75, 3.05) is 0 Å². The first kappa shape index (κ1) is 16.5. The van der Waals surface area contributed by atoms with Crippen LogP contribution in [0.4, 0.5) is 0 Å². The van der Waals surface area contributed by atoms with Crippen LogP contribution in [-0.2, 0) is 12.8 Å². The molecule has 7 nitrogen and oxygen atoms in total. The third kappa shape index (κ3) is 3.12. The van der Waals surface area contributed by atoms with Gasteiger partial charge in [0.2, 0.25) is 17.5 Å². The molecule has 0 saturated carbocycles. The number of amides is 1. The minimum Gasteiger partial charge on any atom is -0.350 e. The van der Waals surface area contributed by atoms with Crippen molar-refractivity contribution < 1.29 is 13.8 Å². The van der Waals surface area contributed by atoms with Crippen LogP contribution in [0.3, 0.4) is 0 Å². The second-order valence-corrected chi connectivity index (χ2v) is 6.66. The van der Waals surface area contributed by atoms with Gasteiger partial charge in [0.05, 0.1) is 5.69 Å². The van der Waals surface area contributed by atoms with Crippen LogP contribution in [0.25, 0.3) is 11.4 Å². The van der Waals surface area contributed by atoms with E-state index in [1.165, 1.54) is 0 Å². The molecule has 1 atom stereocenters. The molecule has 1 aliphatic rings. The molecule has 134 valence electrons. The summed E-state index contributed by atoms with van der Waals surface area (Å²) in [6.45, 7) is 3.81. The predicted molar refractivity (Wildman–Crippen MR) is 93.5 cm³/mol. The van der Waals surface area contributed by atoms with Crippen molar-refractivity contribution in [2.24, 2.45) is 0 Å². The van der Waals surface area contributed by atoms with E-state index < -0.39 is 6.04 Å². The first-order chi connectivity index (χ1) is 12.6. The van der Waals surface area contributed by atoms with Gasteiger partial charge >= 0.3 is 0 Å². The number of nitrogens with zero attached hydrogens (tertiary/aromatic N) is 3. The Morgan fingerprint density at radius 1 is 1.19 bits per heavy atom. The maximum Gasteiger partial charge on any atom is 0.290 e. The van der Waals surface area contributed by atoms with Crippen molar-refractivity contribution in [1.82, 2.24) is 20.6 Å². The molecule has 1 N–H and O–H groups in total. The largest absolute Gasteiger partial charge is 0.350 e. The van der Waals surface area contributed by atoms with E-state index >= 15 is 0 Å². The van der Waals surface area contributed by atoms with Crippen LogP contribution in [0, 0.1) is 6.92 Å². The van der Waals surface area contributed by atoms with Gasteiger partial charge in [0, 0.05) is 11.1 Å². The van der Waals surface area contributed by atoms with Gasteiger partial charge in [-0.2, -0.15) is 4.98 Å². The Hall–Kier alpha value is -2.96. The number of benzene rings is 1. The number of hydrogen-bond acceptors (Lipinski definition) is 6. The Kier molecular flexibility index (Phi) is 4.28. The summed E-state index contributed by atoms with van der Waals surface area (Å²) >= 11 is 0. The second-order valence-electron chi connectivity index (χ2n) is 6.66. The summed E-state index contributed by atoms with van der Waals surface area (Å²) in [5.74, 6) is 0.846. The minimum atomic E-state index is -0.433. The van der Waals surface area contributed by atoms with E-state index in [4.69, 9.17) is 9.05 Å². The lowest BCUT2D eigenvalue weighted by Gasteiger charge is -2.11. The van der Waals surface area contributed by atoms with E-state index in [-0.39, 0.29) is 5.91 Å². The van der Waals surface area contributed by atoms with Crippen LogP contribution >= 0.6 is 0 Å². The van der Waals surface area contributed by atoms with Crippen LogP contribution in [0.15, 0.2) is 33.3 Å². The molecule has 0 unspecified atom stereocenters. The summed E-state index contributed by atoms with van der Waals surface area (Å²) in [6.07, 6.45) is 3.83. The second kappa shape index (κ2) is 6.74. The fraction of sp³-hybridized carbons (Fsp3) is 0.368. The van der Waals surface area contributed by atoms with Gasteiger partial charge in [0.1, 0.15) is 6.04 Å². The molecule has 0 spiro atoms. The van der Waals surface area contributed by atoms with Crippen LogP contribution in [0.2, 0.25) is 0 Å². The SMILES string of the molecule is Cc1cccc(-c2noc([C@@H](C)NC(=O)c3onc4c3CCCC4)n2)c1. The summed E-state index contributed by atoms with van der Waals surface area (Å²) in [5, 5.41) is 10.9. The zero-order valence-corrected chi connectivity index (χ0v) is 14.8. The molecule has 0 aliphatic heterocycles. The van der Waals surface area contributed by atoms with Crippen LogP contribution < -0.4 is 5.32 Å². The standard InChI is InChI=1S/C19H20N4O3/c1-11-6-5-7-13(10-11)17-21-19(26-23-17)12(2)20-18(24)16-14-8-3-4-9-15(14)22-25-16/h5-7,10,12H,3-4,8-9H2,1-2H3,(H,20,24)/t12-/m1/s1. The molecular formula is C19H20N4O3. The number of hydrogen-bond donors (Lipinski definition) is 1. The van der Waals surface area contributed by atoms with Gasteiger partial charge in [-0.05, 0) is 45.6 Å². The van der Waals surface area contributed by atoms with Crippen molar-refractivity contribution in [3.8, 4) is 11.4 Å². The van der Waals surface area contributed by atoms with E-state index in [0.29, 0.717) is 17.5 Å². The van der Waals surface area contributed by atoms with Crippen molar-refractivity contribution in [3.63, 3.8) is 0 Å². The highest BCUT2D eigenvalue weighted by Crippen LogP contribution is 2.25. The summed E-state index contributed by atoms with van der Waals surface area (Å²) < 4.78 is 10.6. The van der Waals surface area contributed by atoms with Crippen molar-refractivity contribution in [2.45, 2.75) is 45.6 Å². The van der Waals surface area contributed by atoms with Gasteiger partial charge in [-0.25, -0.2) is 0 Å². The van der Waals surface area contributed by atoms with Gasteiger partial charge in [0.15, 0.2) is 0 Å². The molecule has 1 aromatic carbocycles. The van der Waals surface area contributed by atoms with Gasteiger partial charge in [0.25, 0.3) is 5.91 Å². The smallest absolute Gasteiger partial charge is 0.290 e. The van der Waals surface area contributed by atoms with Gasteiger partial charge < -0.3 is 14.4 Å². The molecule has 0 radical (unpaired) electrons. The topological polar surface area (TPSA) is 94.1 Å². The molecular weight excluding hydrogens is 332 g/mol. The van der Waals surface area contributed by atoms with Crippen LogP contribution in [0.5, 0.6) is 0 Å². The number of rotatable bonds is 4. The molecule has 1 amide bonds. The van der Waals surface area contributed by atoms with Crippen LogP contribution in [-0.4, -0.2) is 21.2 Å². The molecule has 2 aromatic heterocycles. The Labute approximate surface area is 150 Å². The molecule has 0 fully saturated rings. The molecule has 0 bridgehead atoms. The number of carbonyl (C=O) groups is 1. The number of fused-ring (bicyclic) bond motifs is 1. The van der Waals surface area contributed by atoms with E-state index in [9.17, 15) is 4.79 Å². The average Bonchev–Trinajstić information content (AvgIpc) is 3.29. The highest BCUT2D eigenvalue weighted by atomic mass is 16.5. The Morgan fingerprint density at radius 3 is 2.88 bits per heavy atom. The Morgan fingerprint density at radius 2 is 2.04 bits per heavy atom. The lowest BCUT2D eigenvalue weighted by Crippen LogP contribution is -2.27. The number of aromatic nitrogens is 3. The number of nitrogens with one attached hydrogen (secondary N) is 1. The molecule has 1 aliphatic carbocycles. The highest BCUT2D eigenvalue weighted by Gasteiger charge is 2.26. The molecule has 7 heteroatoms. The van der Waals surface area contributed by atoms with E-state index in [0.717, 1.165) is 48.1 Å². The number of aryl methyl sites for hydroxylation is 2. The lowest BCUT2D eigenvalue weighted by atomic mass is 9.96. The zero-order valence-electron chi connectivity index (χ0n) is 14.8. The monoisotopic (exact) mass is 352 g/mol. The molecule has 4 rings (SSSR count). The van der Waals surface area contributed by atoms with Crippen LogP contribution in [0.1, 0.15) is 59.1 Å². The van der Waals surface area contributed by atoms with Crippen molar-refractivity contribution in [3.05, 3.63) is 52.7 Å². The summed E-state index contributed by atoms with van der Waals surface area (Å²) in [7, 11) is 0. The fourth-order valence-electron chi connectivity index (χ4n) is 3.21. The maximum absolute atomic E-state index is 12.5. The number of carbonyl (C=O) groups excluding carboxylic acids is 1. The Balaban J connectivity index is 1.49. The molecule has 0 saturated heterocycles. The van der Waals surface area contributed by atoms with Gasteiger partial charge in [-0.3, -0.25) is 4.79 Å². The molecule has 26 heavy (non-hydrogen) atoms. The quantitative estimate of drug-likeness (QED) is 0.773. The van der Waals surface area contributed by atoms with E-state index in [1.807, 2.05) is 31.2 Å². The fourth-order valence-corrected chi connectivity index (χ4v) is 3.21. The Bertz CT molecular complexity index is 944. The van der Waals surface area contributed by atoms with Gasteiger partial charge in [-0.15, -0.1) is 0 Å². The summed E-state index contributed by atoms with van der Waals surface area (Å²) in [4.78, 5) is 17.0. The van der Waals surface area contributed by atoms with Gasteiger partial charge in [-0.1, -0.05) is 34.1 Å². The first-order valence-corrected chi connectivity index (χ1v) is 8.81.